The second kappa shape index (κ2) is 8.22. The number of benzene rings is 2. The molecule has 0 saturated heterocycles. The maximum Gasteiger partial charge on any atom is 0.265 e. The lowest BCUT2D eigenvalue weighted by Gasteiger charge is -2.22. The van der Waals surface area contributed by atoms with E-state index >= 15 is 0 Å². The number of amides is 1. The largest absolute Gasteiger partial charge is 0.484 e. The number of carbonyl (C=O) groups is 1. The highest BCUT2D eigenvalue weighted by atomic mass is 16.5. The predicted molar refractivity (Wildman–Crippen MR) is 102 cm³/mol. The van der Waals surface area contributed by atoms with Crippen LogP contribution in [0.25, 0.3) is 11.5 Å². The van der Waals surface area contributed by atoms with Gasteiger partial charge in [-0.15, -0.1) is 10.2 Å². The number of anilines is 1. The summed E-state index contributed by atoms with van der Waals surface area (Å²) >= 11 is 0. The molecule has 0 unspecified atom stereocenters. The molecular weight excluding hydrogens is 358 g/mol. The zero-order valence-electron chi connectivity index (χ0n) is 14.9. The van der Waals surface area contributed by atoms with Crippen LogP contribution in [-0.2, 0) is 11.3 Å². The molecule has 0 atom stereocenters. The highest BCUT2D eigenvalue weighted by Crippen LogP contribution is 2.21. The summed E-state index contributed by atoms with van der Waals surface area (Å²) in [7, 11) is 0. The molecule has 28 heavy (non-hydrogen) atoms. The van der Waals surface area contributed by atoms with Gasteiger partial charge in [-0.05, 0) is 48.5 Å². The first-order valence-corrected chi connectivity index (χ1v) is 8.67. The molecule has 4 rings (SSSR count). The minimum atomic E-state index is -0.177. The molecule has 0 radical (unpaired) electrons. The minimum absolute atomic E-state index is 0.102. The van der Waals surface area contributed by atoms with Crippen molar-refractivity contribution in [2.45, 2.75) is 6.54 Å². The monoisotopic (exact) mass is 375 g/mol. The molecule has 7 nitrogen and oxygen atoms in total. The van der Waals surface area contributed by atoms with Gasteiger partial charge >= 0.3 is 0 Å². The van der Waals surface area contributed by atoms with Gasteiger partial charge in [-0.1, -0.05) is 18.2 Å². The Morgan fingerprint density at radius 1 is 0.964 bits per heavy atom. The molecule has 4 aromatic rings. The zero-order valence-corrected chi connectivity index (χ0v) is 14.9. The van der Waals surface area contributed by atoms with Crippen molar-refractivity contribution in [2.75, 3.05) is 11.5 Å². The molecule has 0 aliphatic rings. The standard InChI is InChI=1S/C21H17N3O4/c25-20(14-27-18-10-8-16(9-11-18)21-23-22-15-28-21)24(13-19-7-4-12-26-19)17-5-2-1-3-6-17/h1-12,15H,13-14H2. The fourth-order valence-electron chi connectivity index (χ4n) is 2.71. The summed E-state index contributed by atoms with van der Waals surface area (Å²) in [5.41, 5.74) is 1.55. The van der Waals surface area contributed by atoms with Crippen LogP contribution in [0.1, 0.15) is 5.76 Å². The van der Waals surface area contributed by atoms with Gasteiger partial charge in [0.2, 0.25) is 12.3 Å². The van der Waals surface area contributed by atoms with Crippen molar-refractivity contribution in [3.05, 3.63) is 85.1 Å². The van der Waals surface area contributed by atoms with Gasteiger partial charge in [-0.25, -0.2) is 0 Å². The predicted octanol–water partition coefficient (Wildman–Crippen LogP) is 3.94. The maximum absolute atomic E-state index is 12.8. The van der Waals surface area contributed by atoms with Crippen molar-refractivity contribution in [1.29, 1.82) is 0 Å². The smallest absolute Gasteiger partial charge is 0.265 e. The van der Waals surface area contributed by atoms with E-state index in [0.29, 0.717) is 23.9 Å². The molecule has 0 bridgehead atoms. The van der Waals surface area contributed by atoms with E-state index in [4.69, 9.17) is 13.6 Å². The van der Waals surface area contributed by atoms with Crippen LogP contribution in [0.2, 0.25) is 0 Å². The number of rotatable bonds is 7. The summed E-state index contributed by atoms with van der Waals surface area (Å²) in [5.74, 6) is 1.52. The lowest BCUT2D eigenvalue weighted by molar-refractivity contribution is -0.120. The van der Waals surface area contributed by atoms with Gasteiger partial charge in [0, 0.05) is 11.3 Å². The molecule has 0 saturated carbocycles. The van der Waals surface area contributed by atoms with Gasteiger partial charge < -0.3 is 18.5 Å². The van der Waals surface area contributed by atoms with Crippen LogP contribution in [0.5, 0.6) is 5.75 Å². The van der Waals surface area contributed by atoms with Crippen LogP contribution in [0, 0.1) is 0 Å². The molecule has 2 aromatic heterocycles. The number of hydrogen-bond acceptors (Lipinski definition) is 6. The molecule has 1 amide bonds. The third kappa shape index (κ3) is 4.09. The Morgan fingerprint density at radius 3 is 2.46 bits per heavy atom. The summed E-state index contributed by atoms with van der Waals surface area (Å²) < 4.78 is 16.2. The molecule has 7 heteroatoms. The van der Waals surface area contributed by atoms with E-state index < -0.39 is 0 Å². The highest BCUT2D eigenvalue weighted by molar-refractivity contribution is 5.94. The SMILES string of the molecule is O=C(COc1ccc(-c2nnco2)cc1)N(Cc1ccco1)c1ccccc1. The fourth-order valence-corrected chi connectivity index (χ4v) is 2.71. The quantitative estimate of drug-likeness (QED) is 0.487. The summed E-state index contributed by atoms with van der Waals surface area (Å²) in [6, 6.07) is 20.2. The second-order valence-electron chi connectivity index (χ2n) is 5.95. The van der Waals surface area contributed by atoms with Gasteiger partial charge in [0.1, 0.15) is 11.5 Å². The normalized spacial score (nSPS) is 10.6. The highest BCUT2D eigenvalue weighted by Gasteiger charge is 2.18. The van der Waals surface area contributed by atoms with Crippen LogP contribution in [0.15, 0.2) is 88.2 Å². The van der Waals surface area contributed by atoms with Crippen LogP contribution < -0.4 is 9.64 Å². The Morgan fingerprint density at radius 2 is 1.79 bits per heavy atom. The summed E-state index contributed by atoms with van der Waals surface area (Å²) in [4.78, 5) is 14.5. The van der Waals surface area contributed by atoms with E-state index in [0.717, 1.165) is 11.3 Å². The number of ether oxygens (including phenoxy) is 1. The number of hydrogen-bond donors (Lipinski definition) is 0. The number of furan rings is 1. The van der Waals surface area contributed by atoms with E-state index in [-0.39, 0.29) is 12.5 Å². The number of para-hydroxylation sites is 1. The lowest BCUT2D eigenvalue weighted by Crippen LogP contribution is -2.34. The van der Waals surface area contributed by atoms with Crippen LogP contribution in [0.3, 0.4) is 0 Å². The fraction of sp³-hybridized carbons (Fsp3) is 0.0952. The third-order valence-electron chi connectivity index (χ3n) is 4.09. The summed E-state index contributed by atoms with van der Waals surface area (Å²) in [5, 5.41) is 7.51. The van der Waals surface area contributed by atoms with E-state index in [1.165, 1.54) is 6.39 Å². The van der Waals surface area contributed by atoms with Gasteiger partial charge in [0.25, 0.3) is 5.91 Å². The Labute approximate surface area is 161 Å². The summed E-state index contributed by atoms with van der Waals surface area (Å²) in [6.07, 6.45) is 2.86. The van der Waals surface area contributed by atoms with Gasteiger partial charge in [-0.3, -0.25) is 4.79 Å². The summed E-state index contributed by atoms with van der Waals surface area (Å²) in [6.45, 7) is 0.227. The Hall–Kier alpha value is -3.87. The zero-order chi connectivity index (χ0) is 19.2. The van der Waals surface area contributed by atoms with Crippen molar-refractivity contribution in [3.8, 4) is 17.2 Å². The van der Waals surface area contributed by atoms with Crippen LogP contribution in [-0.4, -0.2) is 22.7 Å². The van der Waals surface area contributed by atoms with Gasteiger partial charge in [0.15, 0.2) is 6.61 Å². The topological polar surface area (TPSA) is 81.6 Å². The third-order valence-corrected chi connectivity index (χ3v) is 4.09. The molecular formula is C21H17N3O4. The van der Waals surface area contributed by atoms with E-state index in [1.807, 2.05) is 36.4 Å². The van der Waals surface area contributed by atoms with Crippen LogP contribution >= 0.6 is 0 Å². The van der Waals surface area contributed by atoms with Gasteiger partial charge in [-0.2, -0.15) is 0 Å². The molecule has 0 fully saturated rings. The molecule has 2 heterocycles. The number of aromatic nitrogens is 2. The maximum atomic E-state index is 12.8. The van der Waals surface area contributed by atoms with Crippen molar-refractivity contribution in [3.63, 3.8) is 0 Å². The average Bonchev–Trinajstić information content (AvgIpc) is 3.45. The molecule has 0 N–H and O–H groups in total. The minimum Gasteiger partial charge on any atom is -0.484 e. The van der Waals surface area contributed by atoms with Crippen molar-refractivity contribution in [1.82, 2.24) is 10.2 Å². The average molecular weight is 375 g/mol. The van der Waals surface area contributed by atoms with Gasteiger partial charge in [0.05, 0.1) is 12.8 Å². The number of carbonyl (C=O) groups excluding carboxylic acids is 1. The van der Waals surface area contributed by atoms with Crippen molar-refractivity contribution >= 4 is 11.6 Å². The van der Waals surface area contributed by atoms with Crippen molar-refractivity contribution < 1.29 is 18.4 Å². The van der Waals surface area contributed by atoms with Crippen LogP contribution in [0.4, 0.5) is 5.69 Å². The Balaban J connectivity index is 1.44. The van der Waals surface area contributed by atoms with Crippen molar-refractivity contribution in [2.24, 2.45) is 0 Å². The first-order chi connectivity index (χ1) is 13.8. The number of nitrogens with zero attached hydrogens (tertiary/aromatic N) is 3. The lowest BCUT2D eigenvalue weighted by atomic mass is 10.2. The molecule has 140 valence electrons. The van der Waals surface area contributed by atoms with E-state index in [9.17, 15) is 4.79 Å². The molecule has 0 aliphatic carbocycles. The Bertz CT molecular complexity index is 998. The second-order valence-corrected chi connectivity index (χ2v) is 5.95. The molecule has 0 aliphatic heterocycles. The molecule has 0 spiro atoms. The van der Waals surface area contributed by atoms with E-state index in [2.05, 4.69) is 10.2 Å². The molecule has 2 aromatic carbocycles. The first kappa shape index (κ1) is 17.5. The Kier molecular flexibility index (Phi) is 5.15. The first-order valence-electron chi connectivity index (χ1n) is 8.67. The van der Waals surface area contributed by atoms with E-state index in [1.54, 1.807) is 41.5 Å².